The topological polar surface area (TPSA) is 79.3 Å². The van der Waals surface area contributed by atoms with Gasteiger partial charge in [-0.25, -0.2) is 4.98 Å². The summed E-state index contributed by atoms with van der Waals surface area (Å²) in [4.78, 5) is 28.7. The molecule has 0 spiro atoms. The van der Waals surface area contributed by atoms with Gasteiger partial charge in [0.1, 0.15) is 6.04 Å². The average molecular weight is 293 g/mol. The highest BCUT2D eigenvalue weighted by molar-refractivity contribution is 5.84. The number of piperazine rings is 1. The highest BCUT2D eigenvalue weighted by Crippen LogP contribution is 2.18. The Bertz CT molecular complexity index is 472. The lowest BCUT2D eigenvalue weighted by atomic mass is 10.0. The molecule has 0 aliphatic carbocycles. The fraction of sp³-hybridized carbons (Fsp3) is 0.643. The number of amides is 2. The van der Waals surface area contributed by atoms with Crippen LogP contribution in [0.2, 0.25) is 0 Å². The average Bonchev–Trinajstić information content (AvgIpc) is 3.02. The van der Waals surface area contributed by atoms with Crippen LogP contribution in [0.15, 0.2) is 18.7 Å². The lowest BCUT2D eigenvalue weighted by Gasteiger charge is -2.32. The van der Waals surface area contributed by atoms with Gasteiger partial charge in [0.2, 0.25) is 12.3 Å². The summed E-state index contributed by atoms with van der Waals surface area (Å²) in [6.45, 7) is 6.57. The molecule has 2 amide bonds. The third-order valence-corrected chi connectivity index (χ3v) is 3.96. The molecule has 1 aromatic rings. The molecule has 7 heteroatoms. The molecule has 1 aromatic heterocycles. The zero-order chi connectivity index (χ0) is 15.3. The Kier molecular flexibility index (Phi) is 4.95. The first-order chi connectivity index (χ1) is 10.0. The lowest BCUT2D eigenvalue weighted by molar-refractivity contribution is -0.133. The van der Waals surface area contributed by atoms with Gasteiger partial charge in [0.05, 0.1) is 6.33 Å². The van der Waals surface area contributed by atoms with E-state index in [9.17, 15) is 9.59 Å². The summed E-state index contributed by atoms with van der Waals surface area (Å²) in [6, 6.07) is -0.410. The fourth-order valence-electron chi connectivity index (χ4n) is 2.45. The van der Waals surface area contributed by atoms with Gasteiger partial charge in [-0.05, 0) is 20.3 Å². The molecule has 0 bridgehead atoms. The summed E-state index contributed by atoms with van der Waals surface area (Å²) < 4.78 is 2.03. The minimum atomic E-state index is -0.410. The Morgan fingerprint density at radius 1 is 1.57 bits per heavy atom. The second kappa shape index (κ2) is 6.71. The van der Waals surface area contributed by atoms with Crippen molar-refractivity contribution < 1.29 is 9.59 Å². The number of nitrogens with one attached hydrogen (secondary N) is 2. The number of hydrogen-bond donors (Lipinski definition) is 2. The first-order valence-electron chi connectivity index (χ1n) is 7.22. The first-order valence-corrected chi connectivity index (χ1v) is 7.22. The maximum Gasteiger partial charge on any atom is 0.244 e. The van der Waals surface area contributed by atoms with Crippen LogP contribution in [0.1, 0.15) is 20.3 Å². The van der Waals surface area contributed by atoms with Crippen LogP contribution in [-0.4, -0.2) is 59.0 Å². The molecule has 2 N–H and O–H groups in total. The third-order valence-electron chi connectivity index (χ3n) is 3.96. The second-order valence-corrected chi connectivity index (χ2v) is 5.89. The molecule has 0 aromatic carbocycles. The molecule has 0 saturated carbocycles. The summed E-state index contributed by atoms with van der Waals surface area (Å²) in [6.07, 6.45) is 6.98. The maximum absolute atomic E-state index is 12.2. The maximum atomic E-state index is 12.2. The minimum Gasteiger partial charge on any atom is -0.354 e. The molecule has 1 aliphatic rings. The SMILES string of the molecule is CC(C)(CCNC(=O)[C@H]1CNCCN1C=O)n1ccnc1. The van der Waals surface area contributed by atoms with Crippen LogP contribution in [0.4, 0.5) is 0 Å². The van der Waals surface area contributed by atoms with Crippen molar-refractivity contribution in [1.82, 2.24) is 25.1 Å². The van der Waals surface area contributed by atoms with E-state index < -0.39 is 6.04 Å². The van der Waals surface area contributed by atoms with Crippen molar-refractivity contribution in [3.05, 3.63) is 18.7 Å². The van der Waals surface area contributed by atoms with E-state index in [2.05, 4.69) is 29.5 Å². The van der Waals surface area contributed by atoms with Crippen LogP contribution in [0.5, 0.6) is 0 Å². The predicted molar refractivity (Wildman–Crippen MR) is 78.6 cm³/mol. The Balaban J connectivity index is 1.82. The first kappa shape index (κ1) is 15.5. The molecule has 0 unspecified atom stereocenters. The molecular weight excluding hydrogens is 270 g/mol. The van der Waals surface area contributed by atoms with Crippen LogP contribution in [-0.2, 0) is 15.1 Å². The Labute approximate surface area is 124 Å². The molecule has 7 nitrogen and oxygen atoms in total. The van der Waals surface area contributed by atoms with Crippen LogP contribution in [0.3, 0.4) is 0 Å². The van der Waals surface area contributed by atoms with Gasteiger partial charge in [-0.2, -0.15) is 0 Å². The molecule has 21 heavy (non-hydrogen) atoms. The molecule has 116 valence electrons. The quantitative estimate of drug-likeness (QED) is 0.697. The van der Waals surface area contributed by atoms with E-state index in [1.54, 1.807) is 17.4 Å². The summed E-state index contributed by atoms with van der Waals surface area (Å²) in [5.74, 6) is -0.101. The number of hydrogen-bond acceptors (Lipinski definition) is 4. The molecule has 2 heterocycles. The number of carbonyl (C=O) groups excluding carboxylic acids is 2. The van der Waals surface area contributed by atoms with E-state index in [1.807, 2.05) is 10.8 Å². The molecule has 0 radical (unpaired) electrons. The van der Waals surface area contributed by atoms with Crippen molar-refractivity contribution >= 4 is 12.3 Å². The van der Waals surface area contributed by atoms with Gasteiger partial charge in [0, 0.05) is 44.1 Å². The van der Waals surface area contributed by atoms with Crippen LogP contribution in [0, 0.1) is 0 Å². The largest absolute Gasteiger partial charge is 0.354 e. The van der Waals surface area contributed by atoms with Crippen molar-refractivity contribution in [2.75, 3.05) is 26.2 Å². The zero-order valence-electron chi connectivity index (χ0n) is 12.6. The number of aromatic nitrogens is 2. The Hall–Kier alpha value is -1.89. The van der Waals surface area contributed by atoms with Crippen molar-refractivity contribution in [1.29, 1.82) is 0 Å². The summed E-state index contributed by atoms with van der Waals surface area (Å²) in [5, 5.41) is 6.06. The van der Waals surface area contributed by atoms with E-state index in [1.165, 1.54) is 0 Å². The highest BCUT2D eigenvalue weighted by atomic mass is 16.2. The Morgan fingerprint density at radius 3 is 3.05 bits per heavy atom. The second-order valence-electron chi connectivity index (χ2n) is 5.89. The van der Waals surface area contributed by atoms with Crippen LogP contribution in [0.25, 0.3) is 0 Å². The number of imidazole rings is 1. The Morgan fingerprint density at radius 2 is 2.38 bits per heavy atom. The molecule has 1 aliphatic heterocycles. The van der Waals surface area contributed by atoms with E-state index in [4.69, 9.17) is 0 Å². The summed E-state index contributed by atoms with van der Waals surface area (Å²) in [5.41, 5.74) is -0.112. The van der Waals surface area contributed by atoms with Crippen molar-refractivity contribution in [3.8, 4) is 0 Å². The molecule has 2 rings (SSSR count). The summed E-state index contributed by atoms with van der Waals surface area (Å²) >= 11 is 0. The third kappa shape index (κ3) is 3.81. The normalized spacial score (nSPS) is 19.3. The highest BCUT2D eigenvalue weighted by Gasteiger charge is 2.27. The minimum absolute atomic E-state index is 0.101. The van der Waals surface area contributed by atoms with E-state index >= 15 is 0 Å². The van der Waals surface area contributed by atoms with E-state index in [-0.39, 0.29) is 11.4 Å². The molecular formula is C14H23N5O2. The van der Waals surface area contributed by atoms with Crippen LogP contribution < -0.4 is 10.6 Å². The van der Waals surface area contributed by atoms with Gasteiger partial charge in [0.15, 0.2) is 0 Å². The van der Waals surface area contributed by atoms with Gasteiger partial charge in [-0.3, -0.25) is 9.59 Å². The van der Waals surface area contributed by atoms with Crippen LogP contribution >= 0.6 is 0 Å². The van der Waals surface area contributed by atoms with Crippen molar-refractivity contribution in [2.45, 2.75) is 31.8 Å². The molecule has 1 fully saturated rings. The monoisotopic (exact) mass is 293 g/mol. The lowest BCUT2D eigenvalue weighted by Crippen LogP contribution is -2.57. The van der Waals surface area contributed by atoms with Gasteiger partial charge >= 0.3 is 0 Å². The van der Waals surface area contributed by atoms with Gasteiger partial charge in [0.25, 0.3) is 0 Å². The smallest absolute Gasteiger partial charge is 0.244 e. The zero-order valence-corrected chi connectivity index (χ0v) is 12.6. The molecule has 1 saturated heterocycles. The summed E-state index contributed by atoms with van der Waals surface area (Å²) in [7, 11) is 0. The van der Waals surface area contributed by atoms with Gasteiger partial charge in [-0.15, -0.1) is 0 Å². The van der Waals surface area contributed by atoms with Gasteiger partial charge < -0.3 is 20.1 Å². The van der Waals surface area contributed by atoms with Crippen molar-refractivity contribution in [2.24, 2.45) is 0 Å². The van der Waals surface area contributed by atoms with E-state index in [0.29, 0.717) is 19.6 Å². The number of nitrogens with zero attached hydrogens (tertiary/aromatic N) is 3. The van der Waals surface area contributed by atoms with Crippen molar-refractivity contribution in [3.63, 3.8) is 0 Å². The molecule has 1 atom stereocenters. The number of carbonyl (C=O) groups is 2. The van der Waals surface area contributed by atoms with E-state index in [0.717, 1.165) is 19.4 Å². The predicted octanol–water partition coefficient (Wildman–Crippen LogP) is -0.445. The van der Waals surface area contributed by atoms with Gasteiger partial charge in [-0.1, -0.05) is 0 Å². The fourth-order valence-corrected chi connectivity index (χ4v) is 2.45. The number of rotatable bonds is 6. The standard InChI is InChI=1S/C14H23N5O2/c1-14(2,19-8-6-16-10-19)3-4-17-13(21)12-9-15-5-7-18(12)11-20/h6,8,10-12,15H,3-5,7,9H2,1-2H3,(H,17,21)/t12-/m1/s1.